The number of sulfonamides is 1. The second-order valence-corrected chi connectivity index (χ2v) is 11.6. The lowest BCUT2D eigenvalue weighted by Crippen LogP contribution is -2.41. The normalized spacial score (nSPS) is 11.3. The van der Waals surface area contributed by atoms with E-state index in [-0.39, 0.29) is 17.3 Å². The maximum absolute atomic E-state index is 13.9. The van der Waals surface area contributed by atoms with E-state index in [2.05, 4.69) is 5.32 Å². The molecule has 0 saturated heterocycles. The molecule has 0 aliphatic carbocycles. The van der Waals surface area contributed by atoms with E-state index in [1.54, 1.807) is 36.4 Å². The van der Waals surface area contributed by atoms with Gasteiger partial charge >= 0.3 is 0 Å². The van der Waals surface area contributed by atoms with Crippen LogP contribution in [0.3, 0.4) is 0 Å². The number of hydrogen-bond acceptors (Lipinski definition) is 4. The molecule has 0 aromatic heterocycles. The quantitative estimate of drug-likeness (QED) is 0.312. The van der Waals surface area contributed by atoms with Gasteiger partial charge in [-0.2, -0.15) is 11.8 Å². The third kappa shape index (κ3) is 7.13. The maximum atomic E-state index is 13.9. The van der Waals surface area contributed by atoms with E-state index in [9.17, 15) is 17.6 Å². The van der Waals surface area contributed by atoms with Crippen LogP contribution in [0.4, 0.5) is 10.1 Å². The fourth-order valence-corrected chi connectivity index (χ4v) is 5.97. The number of aryl methyl sites for hydroxylation is 2. The zero-order valence-corrected chi connectivity index (χ0v) is 22.4. The summed E-state index contributed by atoms with van der Waals surface area (Å²) in [6, 6.07) is 15.8. The largest absolute Gasteiger partial charge is 0.354 e. The van der Waals surface area contributed by atoms with Crippen LogP contribution in [-0.2, 0) is 20.6 Å². The molecule has 3 aromatic rings. The van der Waals surface area contributed by atoms with Crippen molar-refractivity contribution in [1.29, 1.82) is 0 Å². The number of nitrogens with one attached hydrogen (secondary N) is 1. The summed E-state index contributed by atoms with van der Waals surface area (Å²) in [6.07, 6.45) is 0. The number of halogens is 3. The lowest BCUT2D eigenvalue weighted by molar-refractivity contribution is -0.119. The van der Waals surface area contributed by atoms with Gasteiger partial charge in [0.25, 0.3) is 10.0 Å². The average molecular weight is 556 g/mol. The molecule has 3 aromatic carbocycles. The number of carbonyl (C=O) groups is 1. The molecule has 5 nitrogen and oxygen atoms in total. The van der Waals surface area contributed by atoms with Crippen molar-refractivity contribution in [3.8, 4) is 0 Å². The summed E-state index contributed by atoms with van der Waals surface area (Å²) < 4.78 is 41.8. The Morgan fingerprint density at radius 1 is 1.03 bits per heavy atom. The van der Waals surface area contributed by atoms with Crippen LogP contribution in [0.2, 0.25) is 10.0 Å². The summed E-state index contributed by atoms with van der Waals surface area (Å²) >= 11 is 13.7. The van der Waals surface area contributed by atoms with Crippen molar-refractivity contribution >= 4 is 56.6 Å². The predicted molar refractivity (Wildman–Crippen MR) is 142 cm³/mol. The van der Waals surface area contributed by atoms with E-state index in [0.717, 1.165) is 15.4 Å². The maximum Gasteiger partial charge on any atom is 0.264 e. The van der Waals surface area contributed by atoms with Gasteiger partial charge in [0, 0.05) is 33.7 Å². The van der Waals surface area contributed by atoms with Crippen molar-refractivity contribution in [3.05, 3.63) is 93.2 Å². The Morgan fingerprint density at radius 3 is 2.40 bits per heavy atom. The van der Waals surface area contributed by atoms with Gasteiger partial charge in [0.2, 0.25) is 5.91 Å². The zero-order chi connectivity index (χ0) is 25.6. The van der Waals surface area contributed by atoms with E-state index in [4.69, 9.17) is 23.2 Å². The summed E-state index contributed by atoms with van der Waals surface area (Å²) in [7, 11) is -4.02. The van der Waals surface area contributed by atoms with Crippen LogP contribution in [0.25, 0.3) is 0 Å². The van der Waals surface area contributed by atoms with Crippen molar-refractivity contribution < 1.29 is 17.6 Å². The molecule has 10 heteroatoms. The number of anilines is 1. The van der Waals surface area contributed by atoms with Crippen molar-refractivity contribution in [2.75, 3.05) is 23.1 Å². The first-order valence-corrected chi connectivity index (χ1v) is 14.1. The van der Waals surface area contributed by atoms with Crippen LogP contribution in [-0.4, -0.2) is 33.2 Å². The minimum Gasteiger partial charge on any atom is -0.354 e. The summed E-state index contributed by atoms with van der Waals surface area (Å²) in [5, 5.41) is 3.49. The molecule has 0 spiro atoms. The molecule has 1 amide bonds. The monoisotopic (exact) mass is 554 g/mol. The minimum absolute atomic E-state index is 0.0740. The highest BCUT2D eigenvalue weighted by molar-refractivity contribution is 7.98. The van der Waals surface area contributed by atoms with Crippen LogP contribution in [0.15, 0.2) is 65.6 Å². The SMILES string of the molecule is Cc1ccc(S(=O)(=O)N(CC(=O)NCCSCc2c(F)cccc2Cl)c2ccc(C)c(Cl)c2)cc1. The van der Waals surface area contributed by atoms with Crippen molar-refractivity contribution in [2.45, 2.75) is 24.5 Å². The molecule has 0 saturated carbocycles. The number of benzene rings is 3. The second-order valence-electron chi connectivity index (χ2n) is 7.86. The number of thioether (sulfide) groups is 1. The molecule has 0 heterocycles. The Hall–Kier alpha value is -2.26. The van der Waals surface area contributed by atoms with Gasteiger partial charge in [0.15, 0.2) is 0 Å². The van der Waals surface area contributed by atoms with Crippen LogP contribution < -0.4 is 9.62 Å². The van der Waals surface area contributed by atoms with Gasteiger partial charge in [-0.1, -0.05) is 53.0 Å². The molecular weight excluding hydrogens is 530 g/mol. The van der Waals surface area contributed by atoms with Gasteiger partial charge in [0.1, 0.15) is 12.4 Å². The highest BCUT2D eigenvalue weighted by Gasteiger charge is 2.27. The molecule has 186 valence electrons. The smallest absolute Gasteiger partial charge is 0.264 e. The topological polar surface area (TPSA) is 66.5 Å². The van der Waals surface area contributed by atoms with Gasteiger partial charge in [0.05, 0.1) is 10.6 Å². The average Bonchev–Trinajstić information content (AvgIpc) is 2.81. The number of carbonyl (C=O) groups excluding carboxylic acids is 1. The second kappa shape index (κ2) is 12.1. The Kier molecular flexibility index (Phi) is 9.47. The number of hydrogen-bond donors (Lipinski definition) is 1. The van der Waals surface area contributed by atoms with Crippen LogP contribution in [0, 0.1) is 19.7 Å². The highest BCUT2D eigenvalue weighted by Crippen LogP contribution is 2.28. The fourth-order valence-electron chi connectivity index (χ4n) is 3.18. The minimum atomic E-state index is -4.02. The molecule has 0 radical (unpaired) electrons. The summed E-state index contributed by atoms with van der Waals surface area (Å²) in [6.45, 7) is 3.53. The van der Waals surface area contributed by atoms with Crippen molar-refractivity contribution in [3.63, 3.8) is 0 Å². The first-order valence-electron chi connectivity index (χ1n) is 10.7. The Labute approximate surface area is 219 Å². The van der Waals surface area contributed by atoms with Crippen molar-refractivity contribution in [2.24, 2.45) is 0 Å². The lowest BCUT2D eigenvalue weighted by atomic mass is 10.2. The number of amides is 1. The first kappa shape index (κ1) is 27.3. The zero-order valence-electron chi connectivity index (χ0n) is 19.2. The summed E-state index contributed by atoms with van der Waals surface area (Å²) in [4.78, 5) is 12.8. The molecule has 0 fully saturated rings. The molecule has 0 atom stereocenters. The molecule has 3 rings (SSSR count). The van der Waals surface area contributed by atoms with E-state index in [1.165, 1.54) is 36.0 Å². The molecule has 1 N–H and O–H groups in total. The summed E-state index contributed by atoms with van der Waals surface area (Å²) in [5.41, 5.74) is 2.41. The van der Waals surface area contributed by atoms with Crippen LogP contribution >= 0.6 is 35.0 Å². The number of rotatable bonds is 10. The van der Waals surface area contributed by atoms with Crippen LogP contribution in [0.5, 0.6) is 0 Å². The van der Waals surface area contributed by atoms with Crippen LogP contribution in [0.1, 0.15) is 16.7 Å². The molecular formula is C25H25Cl2FN2O3S2. The van der Waals surface area contributed by atoms with E-state index in [0.29, 0.717) is 32.8 Å². The molecule has 0 aliphatic rings. The van der Waals surface area contributed by atoms with Crippen molar-refractivity contribution in [1.82, 2.24) is 5.32 Å². The standard InChI is InChI=1S/C25H25Cl2FN2O3S2/c1-17-6-10-20(11-7-17)35(32,33)30(19-9-8-18(2)23(27)14-19)15-25(31)29-12-13-34-16-21-22(26)4-3-5-24(21)28/h3-11,14H,12-13,15-16H2,1-2H3,(H,29,31). The molecule has 0 unspecified atom stereocenters. The molecule has 35 heavy (non-hydrogen) atoms. The lowest BCUT2D eigenvalue weighted by Gasteiger charge is -2.24. The van der Waals surface area contributed by atoms with E-state index < -0.39 is 22.5 Å². The molecule has 0 aliphatic heterocycles. The predicted octanol–water partition coefficient (Wildman–Crippen LogP) is 5.99. The third-order valence-electron chi connectivity index (χ3n) is 5.22. The Bertz CT molecular complexity index is 1280. The van der Waals surface area contributed by atoms with E-state index >= 15 is 0 Å². The summed E-state index contributed by atoms with van der Waals surface area (Å²) in [5.74, 6) is 0.0129. The van der Waals surface area contributed by atoms with E-state index in [1.807, 2.05) is 13.8 Å². The highest BCUT2D eigenvalue weighted by atomic mass is 35.5. The molecule has 0 bridgehead atoms. The van der Waals surface area contributed by atoms with Gasteiger partial charge in [-0.15, -0.1) is 0 Å². The Morgan fingerprint density at radius 2 is 1.74 bits per heavy atom. The Balaban J connectivity index is 1.68. The fraction of sp³-hybridized carbons (Fsp3) is 0.240. The van der Waals surface area contributed by atoms with Gasteiger partial charge in [-0.25, -0.2) is 12.8 Å². The third-order valence-corrected chi connectivity index (χ3v) is 8.75. The first-order chi connectivity index (χ1) is 16.6. The van der Waals surface area contributed by atoms with Gasteiger partial charge < -0.3 is 5.32 Å². The number of nitrogens with zero attached hydrogens (tertiary/aromatic N) is 1. The van der Waals surface area contributed by atoms with Gasteiger partial charge in [-0.05, 0) is 55.8 Å². The van der Waals surface area contributed by atoms with Gasteiger partial charge in [-0.3, -0.25) is 9.10 Å².